The lowest BCUT2D eigenvalue weighted by molar-refractivity contribution is 0.300. The van der Waals surface area contributed by atoms with Gasteiger partial charge in [-0.25, -0.2) is 0 Å². The largest absolute Gasteiger partial charge is 0.493 e. The first-order valence-electron chi connectivity index (χ1n) is 7.61. The molecular weight excluding hydrogens is 246 g/mol. The third-order valence-corrected chi connectivity index (χ3v) is 4.28. The highest BCUT2D eigenvalue weighted by atomic mass is 16.5. The van der Waals surface area contributed by atoms with Crippen LogP contribution in [0.25, 0.3) is 10.8 Å². The van der Waals surface area contributed by atoms with Crippen molar-refractivity contribution in [3.8, 4) is 5.75 Å². The summed E-state index contributed by atoms with van der Waals surface area (Å²) < 4.78 is 6.18. The lowest BCUT2D eigenvalue weighted by Gasteiger charge is -2.18. The summed E-state index contributed by atoms with van der Waals surface area (Å²) in [7, 11) is 1.99. The van der Waals surface area contributed by atoms with Crippen molar-refractivity contribution >= 4 is 10.8 Å². The lowest BCUT2D eigenvalue weighted by atomic mass is 10.0. The molecule has 1 aliphatic rings. The molecule has 1 unspecified atom stereocenters. The van der Waals surface area contributed by atoms with Crippen LogP contribution in [0.3, 0.4) is 0 Å². The number of fused-ring (bicyclic) bond motifs is 1. The third kappa shape index (κ3) is 2.80. The predicted octanol–water partition coefficient (Wildman–Crippen LogP) is 4.30. The molecule has 0 radical (unpaired) electrons. The van der Waals surface area contributed by atoms with Crippen LogP contribution in [0.5, 0.6) is 5.75 Å². The van der Waals surface area contributed by atoms with E-state index >= 15 is 0 Å². The van der Waals surface area contributed by atoms with E-state index in [9.17, 15) is 0 Å². The fourth-order valence-corrected chi connectivity index (χ4v) is 2.65. The predicted molar refractivity (Wildman–Crippen MR) is 84.3 cm³/mol. The molecule has 0 heterocycles. The second-order valence-corrected chi connectivity index (χ2v) is 5.80. The molecule has 2 aromatic carbocycles. The highest BCUT2D eigenvalue weighted by Crippen LogP contribution is 2.36. The average molecular weight is 269 g/mol. The van der Waals surface area contributed by atoms with Gasteiger partial charge in [0.1, 0.15) is 5.75 Å². The van der Waals surface area contributed by atoms with Gasteiger partial charge < -0.3 is 10.1 Å². The highest BCUT2D eigenvalue weighted by Gasteiger charge is 2.21. The molecule has 0 spiro atoms. The normalized spacial score (nSPS) is 16.3. The second-order valence-electron chi connectivity index (χ2n) is 5.80. The van der Waals surface area contributed by atoms with Crippen molar-refractivity contribution in [1.29, 1.82) is 0 Å². The van der Waals surface area contributed by atoms with Crippen LogP contribution in [0.4, 0.5) is 0 Å². The summed E-state index contributed by atoms with van der Waals surface area (Å²) in [5, 5.41) is 5.79. The highest BCUT2D eigenvalue weighted by molar-refractivity contribution is 5.89. The minimum atomic E-state index is 0.301. The molecule has 0 amide bonds. The Balaban J connectivity index is 1.93. The van der Waals surface area contributed by atoms with Gasteiger partial charge in [-0.15, -0.1) is 0 Å². The molecule has 1 atom stereocenters. The van der Waals surface area contributed by atoms with Crippen LogP contribution in [-0.4, -0.2) is 13.7 Å². The maximum Gasteiger partial charge on any atom is 0.131 e. The molecule has 106 valence electrons. The molecule has 1 saturated carbocycles. The van der Waals surface area contributed by atoms with E-state index in [-0.39, 0.29) is 0 Å². The van der Waals surface area contributed by atoms with Crippen LogP contribution in [-0.2, 0) is 0 Å². The van der Waals surface area contributed by atoms with Crippen molar-refractivity contribution in [2.24, 2.45) is 5.92 Å². The van der Waals surface area contributed by atoms with Gasteiger partial charge in [-0.2, -0.15) is 0 Å². The fourth-order valence-electron chi connectivity index (χ4n) is 2.65. The molecule has 1 aliphatic carbocycles. The molecular formula is C18H23NO. The Labute approximate surface area is 121 Å². The summed E-state index contributed by atoms with van der Waals surface area (Å²) in [4.78, 5) is 0. The van der Waals surface area contributed by atoms with Crippen LogP contribution in [0, 0.1) is 5.92 Å². The van der Waals surface area contributed by atoms with Crippen molar-refractivity contribution in [1.82, 2.24) is 5.32 Å². The van der Waals surface area contributed by atoms with Gasteiger partial charge in [0.15, 0.2) is 0 Å². The zero-order valence-corrected chi connectivity index (χ0v) is 12.4. The number of rotatable bonds is 6. The molecule has 0 aliphatic heterocycles. The SMILES string of the molecule is CNC(C)c1ccc2ccccc2c1OCCC1CC1. The summed E-state index contributed by atoms with van der Waals surface area (Å²) in [6.45, 7) is 3.01. The van der Waals surface area contributed by atoms with Crippen LogP contribution in [0.2, 0.25) is 0 Å². The Bertz CT molecular complexity index is 589. The first-order valence-corrected chi connectivity index (χ1v) is 7.61. The number of hydrogen-bond donors (Lipinski definition) is 1. The molecule has 1 fully saturated rings. The van der Waals surface area contributed by atoms with Gasteiger partial charge in [-0.05, 0) is 31.7 Å². The molecule has 0 bridgehead atoms. The Morgan fingerprint density at radius 2 is 2.00 bits per heavy atom. The summed E-state index contributed by atoms with van der Waals surface area (Å²) in [6, 6.07) is 13.2. The molecule has 2 heteroatoms. The molecule has 2 nitrogen and oxygen atoms in total. The van der Waals surface area contributed by atoms with Gasteiger partial charge in [0, 0.05) is 17.0 Å². The Morgan fingerprint density at radius 1 is 1.20 bits per heavy atom. The summed E-state index contributed by atoms with van der Waals surface area (Å²) in [5.41, 5.74) is 1.25. The molecule has 0 saturated heterocycles. The van der Waals surface area contributed by atoms with Crippen molar-refractivity contribution in [2.75, 3.05) is 13.7 Å². The van der Waals surface area contributed by atoms with Gasteiger partial charge in [0.05, 0.1) is 6.61 Å². The zero-order chi connectivity index (χ0) is 13.9. The quantitative estimate of drug-likeness (QED) is 0.844. The minimum Gasteiger partial charge on any atom is -0.493 e. The Kier molecular flexibility index (Phi) is 3.93. The van der Waals surface area contributed by atoms with Gasteiger partial charge in [0.25, 0.3) is 0 Å². The summed E-state index contributed by atoms with van der Waals surface area (Å²) >= 11 is 0. The van der Waals surface area contributed by atoms with E-state index < -0.39 is 0 Å². The summed E-state index contributed by atoms with van der Waals surface area (Å²) in [5.74, 6) is 1.97. The molecule has 20 heavy (non-hydrogen) atoms. The minimum absolute atomic E-state index is 0.301. The maximum atomic E-state index is 6.18. The fraction of sp³-hybridized carbons (Fsp3) is 0.444. The third-order valence-electron chi connectivity index (χ3n) is 4.28. The average Bonchev–Trinajstić information content (AvgIpc) is 3.31. The van der Waals surface area contributed by atoms with Crippen LogP contribution >= 0.6 is 0 Å². The Morgan fingerprint density at radius 3 is 2.75 bits per heavy atom. The van der Waals surface area contributed by atoms with E-state index in [2.05, 4.69) is 48.6 Å². The number of benzene rings is 2. The lowest BCUT2D eigenvalue weighted by Crippen LogP contribution is -2.14. The standard InChI is InChI=1S/C18H23NO/c1-13(19-2)16-10-9-15-5-3-4-6-17(15)18(16)20-12-11-14-7-8-14/h3-6,9-10,13-14,19H,7-8,11-12H2,1-2H3. The second kappa shape index (κ2) is 5.84. The van der Waals surface area contributed by atoms with Crippen LogP contribution < -0.4 is 10.1 Å². The first kappa shape index (κ1) is 13.4. The van der Waals surface area contributed by atoms with E-state index in [0.717, 1.165) is 18.3 Å². The van der Waals surface area contributed by atoms with Gasteiger partial charge in [-0.3, -0.25) is 0 Å². The van der Waals surface area contributed by atoms with E-state index in [1.54, 1.807) is 0 Å². The van der Waals surface area contributed by atoms with E-state index in [0.29, 0.717) is 6.04 Å². The van der Waals surface area contributed by atoms with E-state index in [1.165, 1.54) is 35.6 Å². The zero-order valence-electron chi connectivity index (χ0n) is 12.4. The number of nitrogens with one attached hydrogen (secondary N) is 1. The molecule has 2 aromatic rings. The topological polar surface area (TPSA) is 21.3 Å². The molecule has 1 N–H and O–H groups in total. The van der Waals surface area contributed by atoms with Crippen molar-refractivity contribution in [2.45, 2.75) is 32.2 Å². The van der Waals surface area contributed by atoms with Gasteiger partial charge in [0.2, 0.25) is 0 Å². The van der Waals surface area contributed by atoms with Crippen LogP contribution in [0.15, 0.2) is 36.4 Å². The monoisotopic (exact) mass is 269 g/mol. The Hall–Kier alpha value is -1.54. The van der Waals surface area contributed by atoms with Gasteiger partial charge in [-0.1, -0.05) is 49.2 Å². The summed E-state index contributed by atoms with van der Waals surface area (Å²) in [6.07, 6.45) is 3.97. The van der Waals surface area contributed by atoms with Crippen molar-refractivity contribution in [3.63, 3.8) is 0 Å². The van der Waals surface area contributed by atoms with E-state index in [1.807, 2.05) is 7.05 Å². The van der Waals surface area contributed by atoms with Gasteiger partial charge >= 0.3 is 0 Å². The van der Waals surface area contributed by atoms with Crippen LogP contribution in [0.1, 0.15) is 37.8 Å². The van der Waals surface area contributed by atoms with Crippen molar-refractivity contribution < 1.29 is 4.74 Å². The first-order chi connectivity index (χ1) is 9.79. The smallest absolute Gasteiger partial charge is 0.131 e. The maximum absolute atomic E-state index is 6.18. The van der Waals surface area contributed by atoms with Crippen molar-refractivity contribution in [3.05, 3.63) is 42.0 Å². The number of ether oxygens (including phenoxy) is 1. The molecule has 0 aromatic heterocycles. The number of hydrogen-bond acceptors (Lipinski definition) is 2. The molecule has 3 rings (SSSR count). The van der Waals surface area contributed by atoms with E-state index in [4.69, 9.17) is 4.74 Å².